The summed E-state index contributed by atoms with van der Waals surface area (Å²) < 4.78 is 102. The SMILES string of the molecule is COc1ccc(CN(Cc2ccc(OC)cc2)c2cc(C)c(I)c(-c3nc4c5c(nc(OC[C@@]67CCCN6C[C@]6(CC6(F)F)C7)nc5c3F)N([C@H](C)c3nccnc3N(Cc3ccc(OC)cc3)Cc3ccc(OC)cc3)CCO4)c2F)cc1. The topological polar surface area (TPSA) is 133 Å². The van der Waals surface area contributed by atoms with Gasteiger partial charge in [0.2, 0.25) is 5.88 Å². The number of halogens is 5. The monoisotopic (exact) mass is 1260 g/mol. The summed E-state index contributed by atoms with van der Waals surface area (Å²) in [5.41, 5.74) is 2.86. The Balaban J connectivity index is 0.981. The first-order valence-electron chi connectivity index (χ1n) is 28.0. The highest BCUT2D eigenvalue weighted by Crippen LogP contribution is 2.69. The summed E-state index contributed by atoms with van der Waals surface area (Å²) in [7, 11) is 6.46. The molecule has 2 saturated heterocycles. The van der Waals surface area contributed by atoms with E-state index in [1.807, 2.05) is 121 Å². The molecular formula is C64H64F4IN9O6. The minimum atomic E-state index is -2.76. The van der Waals surface area contributed by atoms with Gasteiger partial charge in [-0.1, -0.05) is 48.5 Å². The average Bonchev–Trinajstić information content (AvgIpc) is 1.68. The molecule has 3 aliphatic heterocycles. The molecule has 3 aromatic heterocycles. The number of nitrogens with zero attached hydrogens (tertiary/aromatic N) is 9. The molecule has 5 aromatic carbocycles. The maximum absolute atomic E-state index is 18.5. The number of aryl methyl sites for hydroxylation is 1. The van der Waals surface area contributed by atoms with Crippen molar-refractivity contribution in [3.05, 3.63) is 164 Å². The summed E-state index contributed by atoms with van der Waals surface area (Å²) in [4.78, 5) is 33.0. The fourth-order valence-corrected chi connectivity index (χ4v) is 13.1. The lowest BCUT2D eigenvalue weighted by Crippen LogP contribution is -2.43. The molecular weight excluding hydrogens is 1190 g/mol. The lowest BCUT2D eigenvalue weighted by Gasteiger charge is -2.33. The quantitative estimate of drug-likeness (QED) is 0.0529. The molecule has 1 spiro atoms. The van der Waals surface area contributed by atoms with Crippen LogP contribution in [0.1, 0.15) is 72.2 Å². The van der Waals surface area contributed by atoms with Crippen LogP contribution in [0.2, 0.25) is 0 Å². The summed E-state index contributed by atoms with van der Waals surface area (Å²) in [5, 5.41) is 0.147. The number of alkyl halides is 2. The molecule has 3 fully saturated rings. The molecule has 3 atom stereocenters. The van der Waals surface area contributed by atoms with Gasteiger partial charge in [0.15, 0.2) is 17.5 Å². The van der Waals surface area contributed by atoms with Crippen molar-refractivity contribution in [2.75, 3.05) is 76.0 Å². The number of hydrogen-bond donors (Lipinski definition) is 0. The predicted octanol–water partition coefficient (Wildman–Crippen LogP) is 12.7. The van der Waals surface area contributed by atoms with Crippen LogP contribution in [0.4, 0.5) is 34.9 Å². The Hall–Kier alpha value is -7.72. The number of hydrogen-bond acceptors (Lipinski definition) is 15. The van der Waals surface area contributed by atoms with Crippen LogP contribution < -0.4 is 43.1 Å². The molecule has 1 saturated carbocycles. The third-order valence-corrected chi connectivity index (χ3v) is 18.5. The maximum atomic E-state index is 18.5. The number of anilines is 3. The molecule has 4 aliphatic rings. The van der Waals surface area contributed by atoms with Crippen LogP contribution in [0, 0.1) is 27.5 Å². The van der Waals surface area contributed by atoms with E-state index in [0.29, 0.717) is 58.2 Å². The zero-order valence-electron chi connectivity index (χ0n) is 47.6. The largest absolute Gasteiger partial charge is 0.497 e. The van der Waals surface area contributed by atoms with E-state index in [0.717, 1.165) is 40.2 Å². The molecule has 0 radical (unpaired) electrons. The van der Waals surface area contributed by atoms with Gasteiger partial charge in [-0.05, 0) is 145 Å². The number of methoxy groups -OCH3 is 4. The van der Waals surface area contributed by atoms with Gasteiger partial charge in [0, 0.05) is 55.1 Å². The van der Waals surface area contributed by atoms with Crippen LogP contribution in [0.15, 0.2) is 116 Å². The van der Waals surface area contributed by atoms with Gasteiger partial charge in [-0.15, -0.1) is 0 Å². The summed E-state index contributed by atoms with van der Waals surface area (Å²) in [6.07, 6.45) is 4.86. The lowest BCUT2D eigenvalue weighted by molar-refractivity contribution is 0.0647. The minimum absolute atomic E-state index is 0.000227. The van der Waals surface area contributed by atoms with Crippen LogP contribution >= 0.6 is 22.6 Å². The molecule has 436 valence electrons. The van der Waals surface area contributed by atoms with Crippen molar-refractivity contribution in [1.29, 1.82) is 0 Å². The smallest absolute Gasteiger partial charge is 0.319 e. The molecule has 8 aromatic rings. The second-order valence-corrected chi connectivity index (χ2v) is 23.4. The highest BCUT2D eigenvalue weighted by atomic mass is 127. The molecule has 20 heteroatoms. The Bertz CT molecular complexity index is 3620. The van der Waals surface area contributed by atoms with Gasteiger partial charge in [0.1, 0.15) is 64.3 Å². The summed E-state index contributed by atoms with van der Waals surface area (Å²) >= 11 is 2.06. The molecule has 1 aliphatic carbocycles. The first kappa shape index (κ1) is 56.7. The number of benzene rings is 5. The lowest BCUT2D eigenvalue weighted by atomic mass is 9.89. The Morgan fingerprint density at radius 3 is 1.76 bits per heavy atom. The number of aromatic nitrogens is 5. The van der Waals surface area contributed by atoms with E-state index >= 15 is 17.6 Å². The number of ether oxygens (including phenoxy) is 6. The van der Waals surface area contributed by atoms with Gasteiger partial charge >= 0.3 is 6.01 Å². The fraction of sp³-hybridized carbons (Fsp3) is 0.359. The maximum Gasteiger partial charge on any atom is 0.319 e. The zero-order valence-corrected chi connectivity index (χ0v) is 49.8. The third kappa shape index (κ3) is 10.8. The first-order chi connectivity index (χ1) is 40.6. The molecule has 0 bridgehead atoms. The van der Waals surface area contributed by atoms with E-state index in [1.165, 1.54) is 0 Å². The van der Waals surface area contributed by atoms with Crippen molar-refractivity contribution in [2.45, 2.75) is 83.2 Å². The van der Waals surface area contributed by atoms with Crippen LogP contribution in [0.5, 0.6) is 34.9 Å². The highest BCUT2D eigenvalue weighted by molar-refractivity contribution is 14.1. The summed E-state index contributed by atoms with van der Waals surface area (Å²) in [6, 6.07) is 31.8. The predicted molar refractivity (Wildman–Crippen MR) is 321 cm³/mol. The van der Waals surface area contributed by atoms with E-state index in [1.54, 1.807) is 46.9 Å². The normalized spacial score (nSPS) is 18.9. The van der Waals surface area contributed by atoms with E-state index in [2.05, 4.69) is 32.4 Å². The Labute approximate surface area is 499 Å². The van der Waals surface area contributed by atoms with Crippen molar-refractivity contribution >= 4 is 50.8 Å². The van der Waals surface area contributed by atoms with Gasteiger partial charge in [-0.25, -0.2) is 27.5 Å². The number of rotatable bonds is 20. The van der Waals surface area contributed by atoms with E-state index in [9.17, 15) is 0 Å². The number of fused-ring (bicyclic) bond motifs is 1. The van der Waals surface area contributed by atoms with Crippen LogP contribution in [0.3, 0.4) is 0 Å². The summed E-state index contributed by atoms with van der Waals surface area (Å²) in [5.74, 6) is -0.739. The van der Waals surface area contributed by atoms with Gasteiger partial charge in [-0.2, -0.15) is 9.97 Å². The van der Waals surface area contributed by atoms with Crippen molar-refractivity contribution in [3.8, 4) is 46.1 Å². The van der Waals surface area contributed by atoms with E-state index < -0.39 is 34.6 Å². The van der Waals surface area contributed by atoms with Crippen molar-refractivity contribution < 1.29 is 46.0 Å². The Morgan fingerprint density at radius 1 is 0.690 bits per heavy atom. The minimum Gasteiger partial charge on any atom is -0.497 e. The van der Waals surface area contributed by atoms with Crippen molar-refractivity contribution in [2.24, 2.45) is 5.41 Å². The molecule has 84 heavy (non-hydrogen) atoms. The van der Waals surface area contributed by atoms with Gasteiger partial charge in [-0.3, -0.25) is 9.88 Å². The number of pyridine rings is 1. The second kappa shape index (κ2) is 23.0. The van der Waals surface area contributed by atoms with Crippen molar-refractivity contribution in [1.82, 2.24) is 29.8 Å². The van der Waals surface area contributed by atoms with Gasteiger partial charge in [0.05, 0.1) is 63.2 Å². The zero-order chi connectivity index (χ0) is 58.5. The van der Waals surface area contributed by atoms with Crippen LogP contribution in [0.25, 0.3) is 22.2 Å². The fourth-order valence-electron chi connectivity index (χ4n) is 12.5. The first-order valence-corrected chi connectivity index (χ1v) is 29.1. The molecule has 6 heterocycles. The third-order valence-electron chi connectivity index (χ3n) is 17.1. The second-order valence-electron chi connectivity index (χ2n) is 22.3. The van der Waals surface area contributed by atoms with E-state index in [4.69, 9.17) is 53.3 Å². The Morgan fingerprint density at radius 2 is 1.23 bits per heavy atom. The molecule has 0 amide bonds. The van der Waals surface area contributed by atoms with Crippen LogP contribution in [-0.2, 0) is 26.2 Å². The van der Waals surface area contributed by atoms with Crippen LogP contribution in [-0.4, -0.2) is 103 Å². The molecule has 15 nitrogen and oxygen atoms in total. The summed E-state index contributed by atoms with van der Waals surface area (Å²) in [6.45, 7) is 6.47. The standard InChI is InChI=1S/C64H64F4IN9O6/c1-39-30-49(75(31-41-8-16-45(79-3)17-9-41)32-42-10-18-46(80-4)19-11-42)52(65)50(54(39)69)56-53(66)57-51-58(74-61(73-57)84-38-63-24-7-27-77(63)37-62(35-63)36-64(62,67)68)78(28-29-83-60(51)72-56)40(2)55-59(71-26-25-70-55)76(33-43-12-20-47(81-5)21-13-43)34-44-14-22-48(82-6)23-15-44/h8-23,25-26,30,40H,7,24,27-29,31-38H2,1-6H3/t40-,62-,63+/m1/s1. The molecule has 0 unspecified atom stereocenters. The van der Waals surface area contributed by atoms with E-state index in [-0.39, 0.29) is 97.8 Å². The van der Waals surface area contributed by atoms with Crippen molar-refractivity contribution in [3.63, 3.8) is 0 Å². The average molecular weight is 1260 g/mol. The van der Waals surface area contributed by atoms with Gasteiger partial charge < -0.3 is 43.1 Å². The molecule has 0 N–H and O–H groups in total. The van der Waals surface area contributed by atoms with Gasteiger partial charge in [0.25, 0.3) is 5.92 Å². The Kier molecular flexibility index (Phi) is 15.6. The highest BCUT2D eigenvalue weighted by Gasteiger charge is 2.77. The molecule has 12 rings (SSSR count).